The molecule has 0 spiro atoms. The quantitative estimate of drug-likeness (QED) is 0.572. The second-order valence-corrected chi connectivity index (χ2v) is 7.20. The zero-order chi connectivity index (χ0) is 24.4. The van der Waals surface area contributed by atoms with Gasteiger partial charge in [-0.3, -0.25) is 0 Å². The fourth-order valence-electron chi connectivity index (χ4n) is 3.76. The summed E-state index contributed by atoms with van der Waals surface area (Å²) in [4.78, 5) is 42.7. The molecule has 0 radical (unpaired) electrons. The highest BCUT2D eigenvalue weighted by atomic mass is 16.5. The van der Waals surface area contributed by atoms with Gasteiger partial charge in [0.05, 0.1) is 25.2 Å². The van der Waals surface area contributed by atoms with Gasteiger partial charge in [0.2, 0.25) is 0 Å². The fourth-order valence-corrected chi connectivity index (χ4v) is 3.76. The maximum atomic E-state index is 12.7. The Morgan fingerprint density at radius 2 is 1.79 bits per heavy atom. The van der Waals surface area contributed by atoms with E-state index in [0.717, 1.165) is 0 Å². The number of carboxylic acids is 1. The number of allylic oxidation sites excluding steroid dienone is 2. The first-order chi connectivity index (χ1) is 16.4. The fraction of sp³-hybridized carbons (Fsp3) is 0.125. The predicted octanol–water partition coefficient (Wildman–Crippen LogP) is 2.82. The molecule has 1 aromatic carbocycles. The van der Waals surface area contributed by atoms with Crippen molar-refractivity contribution in [3.63, 3.8) is 0 Å². The average molecular weight is 460 g/mol. The van der Waals surface area contributed by atoms with Crippen LogP contribution < -0.4 is 4.90 Å². The highest BCUT2D eigenvalue weighted by Gasteiger charge is 2.28. The zero-order valence-corrected chi connectivity index (χ0v) is 18.6. The molecule has 172 valence electrons. The van der Waals surface area contributed by atoms with Gasteiger partial charge in [0.1, 0.15) is 5.70 Å². The lowest BCUT2D eigenvalue weighted by molar-refractivity contribution is -0.139. The number of hydrogen-bond acceptors (Lipinski definition) is 8. The number of carbonyl (C=O) groups excluding carboxylic acids is 2. The van der Waals surface area contributed by atoms with Crippen molar-refractivity contribution < 1.29 is 29.0 Å². The van der Waals surface area contributed by atoms with Crippen molar-refractivity contribution in [2.45, 2.75) is 0 Å². The number of aromatic nitrogens is 3. The molecule has 1 aliphatic rings. The third kappa shape index (κ3) is 3.81. The van der Waals surface area contributed by atoms with Crippen LogP contribution in [0.25, 0.3) is 22.2 Å². The maximum Gasteiger partial charge on any atom is 0.357 e. The number of benzene rings is 1. The number of aryl methyl sites for hydroxylation is 1. The minimum absolute atomic E-state index is 0.0241. The van der Waals surface area contributed by atoms with Gasteiger partial charge in [-0.1, -0.05) is 18.2 Å². The van der Waals surface area contributed by atoms with Gasteiger partial charge in [0, 0.05) is 25.1 Å². The number of anilines is 1. The van der Waals surface area contributed by atoms with E-state index in [1.54, 1.807) is 61.9 Å². The normalized spacial score (nSPS) is 13.2. The van der Waals surface area contributed by atoms with Crippen molar-refractivity contribution in [3.8, 4) is 11.1 Å². The van der Waals surface area contributed by atoms with Crippen molar-refractivity contribution >= 4 is 34.6 Å². The minimum Gasteiger partial charge on any atom is -0.476 e. The predicted molar refractivity (Wildman–Crippen MR) is 123 cm³/mol. The number of ether oxygens (including phenoxy) is 2. The Morgan fingerprint density at radius 1 is 1.03 bits per heavy atom. The number of pyridine rings is 1. The van der Waals surface area contributed by atoms with Gasteiger partial charge in [-0.25, -0.2) is 24.0 Å². The Bertz CT molecular complexity index is 1420. The number of aromatic carboxylic acids is 1. The van der Waals surface area contributed by atoms with E-state index in [9.17, 15) is 19.5 Å². The highest BCUT2D eigenvalue weighted by Crippen LogP contribution is 2.34. The Kier molecular flexibility index (Phi) is 5.96. The van der Waals surface area contributed by atoms with Gasteiger partial charge < -0.3 is 19.5 Å². The molecule has 1 aliphatic heterocycles. The zero-order valence-electron chi connectivity index (χ0n) is 18.6. The van der Waals surface area contributed by atoms with Crippen LogP contribution in [-0.4, -0.2) is 52.0 Å². The standard InChI is InChI=1S/C24H20N4O6/c1-27-21-18(19(26-27)22(29)30)16(10-11-25-21)14-7-6-8-15(13-14)28-12-5-4-9-17(23(31)33-2)20(28)24(32)34-3/h4-13H,1-3H3,(H,29,30). The first kappa shape index (κ1) is 22.5. The molecule has 3 heterocycles. The molecular weight excluding hydrogens is 440 g/mol. The third-order valence-corrected chi connectivity index (χ3v) is 5.25. The van der Waals surface area contributed by atoms with Crippen molar-refractivity contribution in [2.75, 3.05) is 19.1 Å². The van der Waals surface area contributed by atoms with Gasteiger partial charge in [0.25, 0.3) is 0 Å². The number of rotatable bonds is 5. The summed E-state index contributed by atoms with van der Waals surface area (Å²) in [6.07, 6.45) is 7.94. The van der Waals surface area contributed by atoms with Gasteiger partial charge in [-0.2, -0.15) is 5.10 Å². The van der Waals surface area contributed by atoms with Gasteiger partial charge in [0.15, 0.2) is 11.3 Å². The molecule has 2 aromatic heterocycles. The SMILES string of the molecule is COC(=O)C1=C(C(=O)OC)N(c2cccc(-c3ccnc4c3c(C(=O)O)nn4C)c2)C=CC=C1. The van der Waals surface area contributed by atoms with Crippen molar-refractivity contribution in [1.29, 1.82) is 0 Å². The van der Waals surface area contributed by atoms with Crippen LogP contribution in [0.15, 0.2) is 72.2 Å². The number of methoxy groups -OCH3 is 2. The Balaban J connectivity index is 1.92. The summed E-state index contributed by atoms with van der Waals surface area (Å²) in [5.74, 6) is -2.59. The van der Waals surface area contributed by atoms with Crippen LogP contribution in [-0.2, 0) is 26.1 Å². The first-order valence-corrected chi connectivity index (χ1v) is 10.1. The number of nitrogens with zero attached hydrogens (tertiary/aromatic N) is 4. The van der Waals surface area contributed by atoms with Crippen molar-refractivity contribution in [3.05, 3.63) is 77.9 Å². The first-order valence-electron chi connectivity index (χ1n) is 10.1. The third-order valence-electron chi connectivity index (χ3n) is 5.25. The summed E-state index contributed by atoms with van der Waals surface area (Å²) >= 11 is 0. The van der Waals surface area contributed by atoms with E-state index >= 15 is 0 Å². The summed E-state index contributed by atoms with van der Waals surface area (Å²) in [5, 5.41) is 14.1. The molecule has 10 heteroatoms. The number of esters is 2. The molecule has 10 nitrogen and oxygen atoms in total. The minimum atomic E-state index is -1.17. The molecule has 1 N–H and O–H groups in total. The molecule has 0 saturated heterocycles. The van der Waals surface area contributed by atoms with E-state index in [-0.39, 0.29) is 17.0 Å². The molecule has 4 rings (SSSR count). The average Bonchev–Trinajstić information content (AvgIpc) is 3.05. The summed E-state index contributed by atoms with van der Waals surface area (Å²) in [5.41, 5.74) is 2.10. The van der Waals surface area contributed by atoms with Crippen LogP contribution >= 0.6 is 0 Å². The van der Waals surface area contributed by atoms with E-state index in [0.29, 0.717) is 27.8 Å². The number of carboxylic acid groups (broad SMARTS) is 1. The van der Waals surface area contributed by atoms with Gasteiger partial charge in [-0.15, -0.1) is 0 Å². The lowest BCUT2D eigenvalue weighted by Crippen LogP contribution is -2.26. The molecule has 0 amide bonds. The number of hydrogen-bond donors (Lipinski definition) is 1. The molecule has 0 fully saturated rings. The van der Waals surface area contributed by atoms with E-state index in [2.05, 4.69) is 10.1 Å². The molecule has 0 atom stereocenters. The van der Waals surface area contributed by atoms with E-state index in [1.165, 1.54) is 29.9 Å². The summed E-state index contributed by atoms with van der Waals surface area (Å²) in [6, 6.07) is 8.77. The van der Waals surface area contributed by atoms with Crippen LogP contribution in [0.1, 0.15) is 10.5 Å². The topological polar surface area (TPSA) is 124 Å². The molecule has 0 bridgehead atoms. The van der Waals surface area contributed by atoms with Crippen LogP contribution in [0.3, 0.4) is 0 Å². The number of fused-ring (bicyclic) bond motifs is 1. The summed E-state index contributed by atoms with van der Waals surface area (Å²) < 4.78 is 11.2. The second-order valence-electron chi connectivity index (χ2n) is 7.20. The van der Waals surface area contributed by atoms with Crippen LogP contribution in [0.4, 0.5) is 5.69 Å². The van der Waals surface area contributed by atoms with E-state index < -0.39 is 17.9 Å². The smallest absolute Gasteiger partial charge is 0.357 e. The van der Waals surface area contributed by atoms with E-state index in [4.69, 9.17) is 9.47 Å². The molecule has 34 heavy (non-hydrogen) atoms. The Labute approximate surface area is 194 Å². The lowest BCUT2D eigenvalue weighted by Gasteiger charge is -2.23. The van der Waals surface area contributed by atoms with Crippen molar-refractivity contribution in [2.24, 2.45) is 7.05 Å². The summed E-state index contributed by atoms with van der Waals surface area (Å²) in [7, 11) is 4.07. The highest BCUT2D eigenvalue weighted by molar-refractivity contribution is 6.08. The summed E-state index contributed by atoms with van der Waals surface area (Å²) in [6.45, 7) is 0. The van der Waals surface area contributed by atoms with Gasteiger partial charge >= 0.3 is 17.9 Å². The monoisotopic (exact) mass is 460 g/mol. The van der Waals surface area contributed by atoms with Crippen molar-refractivity contribution in [1.82, 2.24) is 14.8 Å². The molecule has 3 aromatic rings. The van der Waals surface area contributed by atoms with Crippen LogP contribution in [0, 0.1) is 0 Å². The molecule has 0 saturated carbocycles. The van der Waals surface area contributed by atoms with Crippen LogP contribution in [0.5, 0.6) is 0 Å². The molecule has 0 unspecified atom stereocenters. The number of carbonyl (C=O) groups is 3. The lowest BCUT2D eigenvalue weighted by atomic mass is 10.0. The van der Waals surface area contributed by atoms with Gasteiger partial charge in [-0.05, 0) is 41.5 Å². The second kappa shape index (κ2) is 9.02. The van der Waals surface area contributed by atoms with Crippen LogP contribution in [0.2, 0.25) is 0 Å². The Hall–Kier alpha value is -4.73. The largest absolute Gasteiger partial charge is 0.476 e. The molecule has 0 aliphatic carbocycles. The molecular formula is C24H20N4O6. The van der Waals surface area contributed by atoms with E-state index in [1.807, 2.05) is 0 Å². The Morgan fingerprint density at radius 3 is 2.50 bits per heavy atom. The maximum absolute atomic E-state index is 12.7.